The van der Waals surface area contributed by atoms with Crippen LogP contribution in [0.4, 0.5) is 0 Å². The van der Waals surface area contributed by atoms with Gasteiger partial charge >= 0.3 is 0 Å². The molecule has 0 radical (unpaired) electrons. The first-order valence-electron chi connectivity index (χ1n) is 5.60. The molecule has 0 aliphatic carbocycles. The highest BCUT2D eigenvalue weighted by Crippen LogP contribution is 2.20. The fraction of sp³-hybridized carbons (Fsp3) is 1.00. The SMILES string of the molecule is CCCCS(=O)(=O)CC(NC)C(C)(C)C. The van der Waals surface area contributed by atoms with Crippen molar-refractivity contribution in [1.82, 2.24) is 5.32 Å². The Morgan fingerprint density at radius 2 is 1.80 bits per heavy atom. The van der Waals surface area contributed by atoms with E-state index in [2.05, 4.69) is 26.1 Å². The van der Waals surface area contributed by atoms with E-state index in [0.29, 0.717) is 5.75 Å². The number of hydrogen-bond acceptors (Lipinski definition) is 3. The van der Waals surface area contributed by atoms with Crippen LogP contribution in [-0.4, -0.2) is 33.0 Å². The Morgan fingerprint density at radius 3 is 2.13 bits per heavy atom. The predicted octanol–water partition coefficient (Wildman–Crippen LogP) is 1.84. The Hall–Kier alpha value is -0.0900. The molecule has 0 bridgehead atoms. The van der Waals surface area contributed by atoms with Crippen LogP contribution >= 0.6 is 0 Å². The van der Waals surface area contributed by atoms with Crippen LogP contribution in [-0.2, 0) is 9.84 Å². The molecule has 0 fully saturated rings. The maximum atomic E-state index is 11.8. The first kappa shape index (κ1) is 14.9. The summed E-state index contributed by atoms with van der Waals surface area (Å²) in [4.78, 5) is 0. The zero-order chi connectivity index (χ0) is 12.1. The van der Waals surface area contributed by atoms with Gasteiger partial charge in [-0.15, -0.1) is 0 Å². The number of unbranched alkanes of at least 4 members (excludes halogenated alkanes) is 1. The molecule has 0 aromatic carbocycles. The minimum Gasteiger partial charge on any atom is -0.315 e. The molecule has 1 unspecified atom stereocenters. The number of sulfone groups is 1. The van der Waals surface area contributed by atoms with Gasteiger partial charge in [-0.2, -0.15) is 0 Å². The topological polar surface area (TPSA) is 46.2 Å². The molecule has 15 heavy (non-hydrogen) atoms. The number of nitrogens with one attached hydrogen (secondary N) is 1. The van der Waals surface area contributed by atoms with Crippen molar-refractivity contribution in [2.75, 3.05) is 18.6 Å². The molecule has 0 rings (SSSR count). The second kappa shape index (κ2) is 5.85. The minimum atomic E-state index is -2.90. The third-order valence-electron chi connectivity index (χ3n) is 2.62. The van der Waals surface area contributed by atoms with Crippen molar-refractivity contribution >= 4 is 9.84 Å². The van der Waals surface area contributed by atoms with Gasteiger partial charge in [-0.05, 0) is 18.9 Å². The van der Waals surface area contributed by atoms with E-state index in [0.717, 1.165) is 12.8 Å². The first-order valence-corrected chi connectivity index (χ1v) is 7.42. The predicted molar refractivity (Wildman–Crippen MR) is 65.9 cm³/mol. The van der Waals surface area contributed by atoms with Gasteiger partial charge < -0.3 is 5.32 Å². The summed E-state index contributed by atoms with van der Waals surface area (Å²) in [5.74, 6) is 0.560. The van der Waals surface area contributed by atoms with E-state index in [-0.39, 0.29) is 17.2 Å². The zero-order valence-corrected chi connectivity index (χ0v) is 11.4. The molecule has 0 spiro atoms. The lowest BCUT2D eigenvalue weighted by atomic mass is 9.88. The van der Waals surface area contributed by atoms with E-state index in [1.54, 1.807) is 0 Å². The summed E-state index contributed by atoms with van der Waals surface area (Å²) in [7, 11) is -1.08. The van der Waals surface area contributed by atoms with Crippen LogP contribution in [0.15, 0.2) is 0 Å². The van der Waals surface area contributed by atoms with Crippen LogP contribution in [0, 0.1) is 5.41 Å². The minimum absolute atomic E-state index is 0.0198. The largest absolute Gasteiger partial charge is 0.315 e. The Morgan fingerprint density at radius 1 is 1.27 bits per heavy atom. The zero-order valence-electron chi connectivity index (χ0n) is 10.6. The molecule has 0 saturated heterocycles. The summed E-state index contributed by atoms with van der Waals surface area (Å²) >= 11 is 0. The van der Waals surface area contributed by atoms with E-state index < -0.39 is 9.84 Å². The van der Waals surface area contributed by atoms with Gasteiger partial charge in [0.25, 0.3) is 0 Å². The normalized spacial score (nSPS) is 15.3. The van der Waals surface area contributed by atoms with Crippen LogP contribution in [0.1, 0.15) is 40.5 Å². The quantitative estimate of drug-likeness (QED) is 0.764. The Bertz CT molecular complexity index is 265. The lowest BCUT2D eigenvalue weighted by Gasteiger charge is -2.30. The molecule has 0 amide bonds. The molecule has 0 aromatic rings. The van der Waals surface area contributed by atoms with E-state index >= 15 is 0 Å². The third kappa shape index (κ3) is 6.15. The molecule has 0 aromatic heterocycles. The Labute approximate surface area is 94.6 Å². The summed E-state index contributed by atoms with van der Waals surface area (Å²) in [6.07, 6.45) is 1.70. The van der Waals surface area contributed by atoms with Crippen molar-refractivity contribution in [2.24, 2.45) is 5.41 Å². The highest BCUT2D eigenvalue weighted by atomic mass is 32.2. The third-order valence-corrected chi connectivity index (χ3v) is 4.38. The van der Waals surface area contributed by atoms with Gasteiger partial charge in [0.05, 0.1) is 11.5 Å². The van der Waals surface area contributed by atoms with Gasteiger partial charge in [-0.1, -0.05) is 34.1 Å². The van der Waals surface area contributed by atoms with Gasteiger partial charge in [0.15, 0.2) is 9.84 Å². The molecule has 3 nitrogen and oxygen atoms in total. The van der Waals surface area contributed by atoms with Gasteiger partial charge in [0.2, 0.25) is 0 Å². The molecule has 0 aliphatic rings. The van der Waals surface area contributed by atoms with Crippen LogP contribution in [0.3, 0.4) is 0 Å². The molecule has 0 heterocycles. The van der Waals surface area contributed by atoms with Gasteiger partial charge in [-0.3, -0.25) is 0 Å². The fourth-order valence-corrected chi connectivity index (χ4v) is 3.54. The lowest BCUT2D eigenvalue weighted by Crippen LogP contribution is -2.43. The second-order valence-electron chi connectivity index (χ2n) is 5.18. The van der Waals surface area contributed by atoms with Crippen molar-refractivity contribution < 1.29 is 8.42 Å². The monoisotopic (exact) mass is 235 g/mol. The molecule has 4 heteroatoms. The summed E-state index contributed by atoms with van der Waals surface area (Å²) in [5.41, 5.74) is -0.0198. The fourth-order valence-electron chi connectivity index (χ4n) is 1.47. The number of rotatable bonds is 6. The van der Waals surface area contributed by atoms with Gasteiger partial charge in [0, 0.05) is 6.04 Å². The van der Waals surface area contributed by atoms with Crippen molar-refractivity contribution in [3.8, 4) is 0 Å². The average Bonchev–Trinajstić information content (AvgIpc) is 2.09. The van der Waals surface area contributed by atoms with Crippen LogP contribution in [0.25, 0.3) is 0 Å². The standard InChI is InChI=1S/C11H25NO2S/c1-6-7-8-15(13,14)9-10(12-5)11(2,3)4/h10,12H,6-9H2,1-5H3. The summed E-state index contributed by atoms with van der Waals surface area (Å²) in [6.45, 7) is 8.19. The number of hydrogen-bond donors (Lipinski definition) is 1. The highest BCUT2D eigenvalue weighted by Gasteiger charge is 2.27. The van der Waals surface area contributed by atoms with Crippen molar-refractivity contribution in [2.45, 2.75) is 46.6 Å². The highest BCUT2D eigenvalue weighted by molar-refractivity contribution is 7.91. The molecule has 1 atom stereocenters. The smallest absolute Gasteiger partial charge is 0.151 e. The molecule has 92 valence electrons. The average molecular weight is 235 g/mol. The Balaban J connectivity index is 4.42. The molecular formula is C11H25NO2S. The molecular weight excluding hydrogens is 210 g/mol. The van der Waals surface area contributed by atoms with Gasteiger partial charge in [-0.25, -0.2) is 8.42 Å². The van der Waals surface area contributed by atoms with Crippen LogP contribution in [0.2, 0.25) is 0 Å². The van der Waals surface area contributed by atoms with Crippen molar-refractivity contribution in [3.05, 3.63) is 0 Å². The maximum absolute atomic E-state index is 11.8. The van der Waals surface area contributed by atoms with E-state index in [1.807, 2.05) is 14.0 Å². The summed E-state index contributed by atoms with van der Waals surface area (Å²) in [6, 6.07) is 0.0272. The van der Waals surface area contributed by atoms with Gasteiger partial charge in [0.1, 0.15) is 0 Å². The summed E-state index contributed by atoms with van der Waals surface area (Å²) < 4.78 is 23.5. The van der Waals surface area contributed by atoms with Crippen LogP contribution < -0.4 is 5.32 Å². The van der Waals surface area contributed by atoms with E-state index in [1.165, 1.54) is 0 Å². The summed E-state index contributed by atoms with van der Waals surface area (Å²) in [5, 5.41) is 3.10. The molecule has 0 saturated carbocycles. The molecule has 0 aliphatic heterocycles. The Kier molecular flexibility index (Phi) is 5.81. The second-order valence-corrected chi connectivity index (χ2v) is 7.40. The van der Waals surface area contributed by atoms with E-state index in [9.17, 15) is 8.42 Å². The van der Waals surface area contributed by atoms with Crippen LogP contribution in [0.5, 0.6) is 0 Å². The first-order chi connectivity index (χ1) is 6.73. The lowest BCUT2D eigenvalue weighted by molar-refractivity contribution is 0.302. The molecule has 1 N–H and O–H groups in total. The maximum Gasteiger partial charge on any atom is 0.151 e. The van der Waals surface area contributed by atoms with E-state index in [4.69, 9.17) is 0 Å². The van der Waals surface area contributed by atoms with Crippen molar-refractivity contribution in [3.63, 3.8) is 0 Å². The van der Waals surface area contributed by atoms with Crippen molar-refractivity contribution in [1.29, 1.82) is 0 Å².